The lowest BCUT2D eigenvalue weighted by atomic mass is 9.96. The fourth-order valence-corrected chi connectivity index (χ4v) is 1.53. The molecule has 0 aliphatic rings. The fraction of sp³-hybridized carbons (Fsp3) is 0.273. The van der Waals surface area contributed by atoms with Crippen LogP contribution in [0, 0.1) is 0 Å². The molecule has 0 fully saturated rings. The maximum Gasteiger partial charge on any atom is 0.121 e. The molecular formula is C11H13BrO. The zero-order valence-electron chi connectivity index (χ0n) is 7.88. The largest absolute Gasteiger partial charge is 0.369 e. The molecule has 0 saturated carbocycles. The summed E-state index contributed by atoms with van der Waals surface area (Å²) < 4.78 is 6.27. The van der Waals surface area contributed by atoms with E-state index in [1.807, 2.05) is 37.3 Å². The standard InChI is InChI=1S/C11H13BrO/c1-9(12)11(2,13-3)10-7-5-4-6-8-10/h4-8H,1H2,2-3H3/t11-/m1/s1. The van der Waals surface area contributed by atoms with Gasteiger partial charge in [0.1, 0.15) is 5.60 Å². The first kappa shape index (κ1) is 10.5. The van der Waals surface area contributed by atoms with Crippen molar-refractivity contribution in [3.8, 4) is 0 Å². The van der Waals surface area contributed by atoms with Crippen LogP contribution in [0.5, 0.6) is 0 Å². The second kappa shape index (κ2) is 4.07. The van der Waals surface area contributed by atoms with E-state index in [1.54, 1.807) is 7.11 Å². The molecular weight excluding hydrogens is 228 g/mol. The molecule has 1 aromatic carbocycles. The highest BCUT2D eigenvalue weighted by molar-refractivity contribution is 9.11. The molecule has 0 radical (unpaired) electrons. The Hall–Kier alpha value is -0.600. The van der Waals surface area contributed by atoms with Crippen molar-refractivity contribution in [1.82, 2.24) is 0 Å². The maximum atomic E-state index is 5.44. The van der Waals surface area contributed by atoms with Crippen molar-refractivity contribution in [3.05, 3.63) is 47.0 Å². The number of halogens is 1. The van der Waals surface area contributed by atoms with Crippen molar-refractivity contribution in [2.24, 2.45) is 0 Å². The molecule has 70 valence electrons. The summed E-state index contributed by atoms with van der Waals surface area (Å²) in [5.74, 6) is 0. The smallest absolute Gasteiger partial charge is 0.121 e. The molecule has 0 N–H and O–H groups in total. The van der Waals surface area contributed by atoms with Crippen LogP contribution < -0.4 is 0 Å². The van der Waals surface area contributed by atoms with E-state index in [0.717, 1.165) is 10.0 Å². The third kappa shape index (κ3) is 2.01. The minimum absolute atomic E-state index is 0.443. The highest BCUT2D eigenvalue weighted by Crippen LogP contribution is 2.34. The summed E-state index contributed by atoms with van der Waals surface area (Å²) in [4.78, 5) is 0. The summed E-state index contributed by atoms with van der Waals surface area (Å²) in [6.07, 6.45) is 0. The zero-order chi connectivity index (χ0) is 9.90. The molecule has 0 unspecified atom stereocenters. The van der Waals surface area contributed by atoms with Crippen LogP contribution in [0.4, 0.5) is 0 Å². The van der Waals surface area contributed by atoms with Gasteiger partial charge < -0.3 is 4.74 Å². The Morgan fingerprint density at radius 3 is 2.31 bits per heavy atom. The lowest BCUT2D eigenvalue weighted by Gasteiger charge is -2.27. The van der Waals surface area contributed by atoms with Crippen molar-refractivity contribution in [2.75, 3.05) is 7.11 Å². The van der Waals surface area contributed by atoms with Crippen LogP contribution in [0.15, 0.2) is 41.4 Å². The topological polar surface area (TPSA) is 9.23 Å². The van der Waals surface area contributed by atoms with Crippen LogP contribution in [0.3, 0.4) is 0 Å². The molecule has 0 spiro atoms. The summed E-state index contributed by atoms with van der Waals surface area (Å²) in [5.41, 5.74) is 0.653. The minimum Gasteiger partial charge on any atom is -0.369 e. The van der Waals surface area contributed by atoms with Gasteiger partial charge in [-0.25, -0.2) is 0 Å². The van der Waals surface area contributed by atoms with Gasteiger partial charge in [-0.15, -0.1) is 0 Å². The molecule has 0 aliphatic heterocycles. The van der Waals surface area contributed by atoms with E-state index < -0.39 is 5.60 Å². The quantitative estimate of drug-likeness (QED) is 0.787. The Morgan fingerprint density at radius 2 is 1.92 bits per heavy atom. The second-order valence-corrected chi connectivity index (χ2v) is 3.97. The van der Waals surface area contributed by atoms with Gasteiger partial charge in [0, 0.05) is 11.6 Å². The normalized spacial score (nSPS) is 15.0. The van der Waals surface area contributed by atoms with E-state index in [0.29, 0.717) is 0 Å². The number of ether oxygens (including phenoxy) is 1. The Kier molecular flexibility index (Phi) is 3.28. The Labute approximate surface area is 87.5 Å². The van der Waals surface area contributed by atoms with Gasteiger partial charge in [-0.05, 0) is 12.5 Å². The molecule has 1 aromatic rings. The Bertz CT molecular complexity index is 294. The molecule has 0 bridgehead atoms. The average molecular weight is 241 g/mol. The summed E-state index contributed by atoms with van der Waals surface area (Å²) in [5, 5.41) is 0. The summed E-state index contributed by atoms with van der Waals surface area (Å²) in [6.45, 7) is 5.85. The number of hydrogen-bond donors (Lipinski definition) is 0. The Balaban J connectivity index is 3.11. The highest BCUT2D eigenvalue weighted by Gasteiger charge is 2.27. The number of methoxy groups -OCH3 is 1. The van der Waals surface area contributed by atoms with Gasteiger partial charge in [0.25, 0.3) is 0 Å². The van der Waals surface area contributed by atoms with Crippen molar-refractivity contribution in [3.63, 3.8) is 0 Å². The third-order valence-corrected chi connectivity index (χ3v) is 3.01. The van der Waals surface area contributed by atoms with E-state index in [2.05, 4.69) is 22.5 Å². The molecule has 1 nitrogen and oxygen atoms in total. The summed E-state index contributed by atoms with van der Waals surface area (Å²) >= 11 is 3.37. The number of rotatable bonds is 3. The molecule has 0 amide bonds. The van der Waals surface area contributed by atoms with E-state index in [1.165, 1.54) is 0 Å². The predicted molar refractivity (Wildman–Crippen MR) is 58.9 cm³/mol. The summed E-state index contributed by atoms with van der Waals surface area (Å²) in [7, 11) is 1.68. The van der Waals surface area contributed by atoms with Crippen LogP contribution in [0.1, 0.15) is 12.5 Å². The van der Waals surface area contributed by atoms with E-state index in [-0.39, 0.29) is 0 Å². The van der Waals surface area contributed by atoms with Crippen molar-refractivity contribution in [1.29, 1.82) is 0 Å². The average Bonchev–Trinajstić information content (AvgIpc) is 2.17. The monoisotopic (exact) mass is 240 g/mol. The zero-order valence-corrected chi connectivity index (χ0v) is 9.47. The third-order valence-electron chi connectivity index (χ3n) is 2.25. The van der Waals surface area contributed by atoms with E-state index in [9.17, 15) is 0 Å². The first-order valence-electron chi connectivity index (χ1n) is 4.07. The molecule has 2 heteroatoms. The van der Waals surface area contributed by atoms with E-state index in [4.69, 9.17) is 4.74 Å². The van der Waals surface area contributed by atoms with Gasteiger partial charge in [-0.3, -0.25) is 0 Å². The van der Waals surface area contributed by atoms with Crippen molar-refractivity contribution >= 4 is 15.9 Å². The van der Waals surface area contributed by atoms with Crippen LogP contribution in [0.25, 0.3) is 0 Å². The second-order valence-electron chi connectivity index (χ2n) is 3.01. The molecule has 0 heterocycles. The van der Waals surface area contributed by atoms with Crippen LogP contribution in [-0.2, 0) is 10.3 Å². The van der Waals surface area contributed by atoms with Crippen LogP contribution >= 0.6 is 15.9 Å². The van der Waals surface area contributed by atoms with Crippen molar-refractivity contribution in [2.45, 2.75) is 12.5 Å². The number of hydrogen-bond acceptors (Lipinski definition) is 1. The summed E-state index contributed by atoms with van der Waals surface area (Å²) in [6, 6.07) is 10.0. The first-order valence-corrected chi connectivity index (χ1v) is 4.86. The van der Waals surface area contributed by atoms with Gasteiger partial charge in [-0.1, -0.05) is 52.8 Å². The minimum atomic E-state index is -0.443. The number of benzene rings is 1. The van der Waals surface area contributed by atoms with E-state index >= 15 is 0 Å². The van der Waals surface area contributed by atoms with Gasteiger partial charge >= 0.3 is 0 Å². The first-order chi connectivity index (χ1) is 6.11. The lowest BCUT2D eigenvalue weighted by Crippen LogP contribution is -2.23. The van der Waals surface area contributed by atoms with Crippen LogP contribution in [-0.4, -0.2) is 7.11 Å². The molecule has 1 atom stereocenters. The maximum absolute atomic E-state index is 5.44. The molecule has 1 rings (SSSR count). The highest BCUT2D eigenvalue weighted by atomic mass is 79.9. The van der Waals surface area contributed by atoms with Crippen molar-refractivity contribution < 1.29 is 4.74 Å². The molecule has 13 heavy (non-hydrogen) atoms. The van der Waals surface area contributed by atoms with Gasteiger partial charge in [0.15, 0.2) is 0 Å². The Morgan fingerprint density at radius 1 is 1.38 bits per heavy atom. The van der Waals surface area contributed by atoms with Gasteiger partial charge in [0.2, 0.25) is 0 Å². The van der Waals surface area contributed by atoms with Crippen LogP contribution in [0.2, 0.25) is 0 Å². The SMILES string of the molecule is C=C(Br)[C@@](C)(OC)c1ccccc1. The molecule has 0 aliphatic carbocycles. The molecule has 0 aromatic heterocycles. The predicted octanol–water partition coefficient (Wildman–Crippen LogP) is 3.46. The molecule has 0 saturated heterocycles. The van der Waals surface area contributed by atoms with Gasteiger partial charge in [-0.2, -0.15) is 0 Å². The van der Waals surface area contributed by atoms with Gasteiger partial charge in [0.05, 0.1) is 0 Å². The lowest BCUT2D eigenvalue weighted by molar-refractivity contribution is 0.0438. The fourth-order valence-electron chi connectivity index (χ4n) is 1.14.